The van der Waals surface area contributed by atoms with E-state index in [4.69, 9.17) is 5.53 Å². The van der Waals surface area contributed by atoms with Gasteiger partial charge in [0.1, 0.15) is 0 Å². The van der Waals surface area contributed by atoms with Gasteiger partial charge in [-0.2, -0.15) is 8.42 Å². The van der Waals surface area contributed by atoms with Gasteiger partial charge in [0.25, 0.3) is 0 Å². The fourth-order valence-corrected chi connectivity index (χ4v) is 2.64. The van der Waals surface area contributed by atoms with Crippen LogP contribution in [0.2, 0.25) is 0 Å². The number of nitrogens with zero attached hydrogens (tertiary/aromatic N) is 3. The molecule has 0 aliphatic rings. The minimum absolute atomic E-state index is 0. The molecule has 0 aliphatic heterocycles. The molecular weight excluding hydrogens is 368 g/mol. The summed E-state index contributed by atoms with van der Waals surface area (Å²) in [5, 5.41) is 3.25. The molecule has 1 rings (SSSR count). The molecular formula is C10H11BF4KN3O3S. The van der Waals surface area contributed by atoms with E-state index >= 15 is 0 Å². The second kappa shape index (κ2) is 8.19. The van der Waals surface area contributed by atoms with Crippen molar-refractivity contribution in [3.05, 3.63) is 32.7 Å². The van der Waals surface area contributed by atoms with E-state index in [1.807, 2.05) is 0 Å². The molecule has 0 fully saturated rings. The standard InChI is InChI=1S/C10H11BF4N3O3S.K/c1-5-8(4-11(12,13)14)6(2)10(21-22(15,19)20)7(3)9(5)17-18-16;/h4H2,1-3H3;/q-1;+1. The van der Waals surface area contributed by atoms with Gasteiger partial charge in [-0.3, -0.25) is 0 Å². The molecule has 0 heterocycles. The molecule has 0 amide bonds. The van der Waals surface area contributed by atoms with Crippen LogP contribution >= 0.6 is 0 Å². The van der Waals surface area contributed by atoms with Crippen molar-refractivity contribution in [1.29, 1.82) is 0 Å². The predicted molar refractivity (Wildman–Crippen MR) is 72.9 cm³/mol. The Morgan fingerprint density at radius 3 is 2.09 bits per heavy atom. The van der Waals surface area contributed by atoms with Crippen molar-refractivity contribution in [1.82, 2.24) is 0 Å². The SMILES string of the molecule is Cc1c(C[B-](F)(F)F)c(C)c(OS(=O)(=O)F)c(C)c1N=[N+]=[N-].[K+]. The summed E-state index contributed by atoms with van der Waals surface area (Å²) in [6.07, 6.45) is -1.34. The summed E-state index contributed by atoms with van der Waals surface area (Å²) in [6, 6.07) is 0. The first-order chi connectivity index (χ1) is 9.87. The third kappa shape index (κ3) is 6.25. The molecule has 0 N–H and O–H groups in total. The number of benzene rings is 1. The van der Waals surface area contributed by atoms with Crippen molar-refractivity contribution in [3.63, 3.8) is 0 Å². The van der Waals surface area contributed by atoms with Crippen molar-refractivity contribution in [3.8, 4) is 5.75 Å². The van der Waals surface area contributed by atoms with Gasteiger partial charge in [0.05, 0.1) is 0 Å². The molecule has 1 aromatic rings. The van der Waals surface area contributed by atoms with E-state index in [0.717, 1.165) is 0 Å². The van der Waals surface area contributed by atoms with E-state index in [-0.39, 0.29) is 79.3 Å². The quantitative estimate of drug-likeness (QED) is 0.191. The fourth-order valence-electron chi connectivity index (χ4n) is 2.19. The maximum Gasteiger partial charge on any atom is 1.00 e. The minimum Gasteiger partial charge on any atom is -0.449 e. The Hall–Kier alpha value is -0.299. The van der Waals surface area contributed by atoms with Crippen molar-refractivity contribution < 1.29 is 80.8 Å². The van der Waals surface area contributed by atoms with Gasteiger partial charge in [-0.05, 0) is 37.4 Å². The smallest absolute Gasteiger partial charge is 0.449 e. The van der Waals surface area contributed by atoms with E-state index in [2.05, 4.69) is 14.2 Å². The molecule has 0 saturated heterocycles. The van der Waals surface area contributed by atoms with Crippen molar-refractivity contribution in [2.24, 2.45) is 5.11 Å². The summed E-state index contributed by atoms with van der Waals surface area (Å²) in [5.74, 6) is -0.606. The van der Waals surface area contributed by atoms with E-state index in [1.54, 1.807) is 0 Å². The van der Waals surface area contributed by atoms with Gasteiger partial charge < -0.3 is 17.1 Å². The topological polar surface area (TPSA) is 92.1 Å². The van der Waals surface area contributed by atoms with Gasteiger partial charge in [-0.25, -0.2) is 0 Å². The third-order valence-corrected chi connectivity index (χ3v) is 3.43. The van der Waals surface area contributed by atoms with Gasteiger partial charge in [0.15, 0.2) is 5.75 Å². The Kier molecular flexibility index (Phi) is 8.08. The zero-order chi connectivity index (χ0) is 17.3. The van der Waals surface area contributed by atoms with Gasteiger partial charge >= 0.3 is 68.9 Å². The molecule has 0 aromatic heterocycles. The summed E-state index contributed by atoms with van der Waals surface area (Å²) >= 11 is 0. The first-order valence-corrected chi connectivity index (χ1v) is 7.21. The van der Waals surface area contributed by atoms with E-state index in [0.29, 0.717) is 0 Å². The Morgan fingerprint density at radius 2 is 1.70 bits per heavy atom. The number of rotatable bonds is 5. The van der Waals surface area contributed by atoms with Crippen molar-refractivity contribution in [2.75, 3.05) is 0 Å². The maximum absolute atomic E-state index is 12.8. The average Bonchev–Trinajstić information content (AvgIpc) is 2.33. The van der Waals surface area contributed by atoms with Gasteiger partial charge in [-0.1, -0.05) is 20.9 Å². The Morgan fingerprint density at radius 1 is 1.17 bits per heavy atom. The van der Waals surface area contributed by atoms with Crippen LogP contribution in [0.15, 0.2) is 5.11 Å². The van der Waals surface area contributed by atoms with E-state index in [1.165, 1.54) is 20.8 Å². The van der Waals surface area contributed by atoms with Gasteiger partial charge in [0.2, 0.25) is 0 Å². The first-order valence-electron chi connectivity index (χ1n) is 5.90. The number of hydrogen-bond donors (Lipinski definition) is 0. The molecule has 0 radical (unpaired) electrons. The molecule has 13 heteroatoms. The predicted octanol–water partition coefficient (Wildman–Crippen LogP) is 1.08. The zero-order valence-electron chi connectivity index (χ0n) is 12.8. The Balaban J connectivity index is 0.00000484. The van der Waals surface area contributed by atoms with Crippen LogP contribution in [0.25, 0.3) is 10.4 Å². The normalized spacial score (nSPS) is 11.4. The molecule has 1 aromatic carbocycles. The molecule has 0 spiro atoms. The number of azide groups is 1. The largest absolute Gasteiger partial charge is 1.00 e. The van der Waals surface area contributed by atoms with Crippen LogP contribution in [0.5, 0.6) is 5.75 Å². The summed E-state index contributed by atoms with van der Waals surface area (Å²) in [4.78, 5) is 2.48. The number of halogens is 4. The third-order valence-electron chi connectivity index (χ3n) is 3.06. The summed E-state index contributed by atoms with van der Waals surface area (Å²) in [7, 11) is -5.44. The van der Waals surface area contributed by atoms with E-state index in [9.17, 15) is 25.3 Å². The summed E-state index contributed by atoms with van der Waals surface area (Å²) in [6.45, 7) is -1.51. The van der Waals surface area contributed by atoms with Crippen LogP contribution in [-0.4, -0.2) is 15.4 Å². The molecule has 0 bridgehead atoms. The Labute approximate surface area is 173 Å². The molecule has 0 aliphatic carbocycles. The Bertz CT molecular complexity index is 764. The summed E-state index contributed by atoms with van der Waals surface area (Å²) in [5.41, 5.74) is 7.77. The average molecular weight is 379 g/mol. The molecule has 122 valence electrons. The van der Waals surface area contributed by atoms with Crippen LogP contribution in [0, 0.1) is 20.8 Å². The van der Waals surface area contributed by atoms with Crippen molar-refractivity contribution in [2.45, 2.75) is 27.1 Å². The fraction of sp³-hybridized carbons (Fsp3) is 0.400. The minimum atomic E-state index is -5.44. The van der Waals surface area contributed by atoms with Crippen LogP contribution in [0.4, 0.5) is 22.5 Å². The van der Waals surface area contributed by atoms with Crippen LogP contribution < -0.4 is 55.6 Å². The van der Waals surface area contributed by atoms with Crippen LogP contribution in [0.3, 0.4) is 0 Å². The number of hydrogen-bond acceptors (Lipinski definition) is 4. The zero-order valence-corrected chi connectivity index (χ0v) is 16.7. The molecule has 23 heavy (non-hydrogen) atoms. The second-order valence-corrected chi connectivity index (χ2v) is 5.56. The first kappa shape index (κ1) is 22.7. The van der Waals surface area contributed by atoms with E-state index < -0.39 is 29.6 Å². The maximum atomic E-state index is 12.8. The van der Waals surface area contributed by atoms with Crippen LogP contribution in [-0.2, 0) is 16.8 Å². The molecule has 0 atom stereocenters. The monoisotopic (exact) mass is 379 g/mol. The van der Waals surface area contributed by atoms with Crippen LogP contribution in [0.1, 0.15) is 22.3 Å². The second-order valence-electron chi connectivity index (χ2n) is 4.61. The van der Waals surface area contributed by atoms with Crippen molar-refractivity contribution >= 4 is 23.2 Å². The van der Waals surface area contributed by atoms with Gasteiger partial charge in [0, 0.05) is 16.2 Å². The molecule has 0 saturated carbocycles. The van der Waals surface area contributed by atoms with Gasteiger partial charge in [-0.15, -0.1) is 0 Å². The summed E-state index contributed by atoms with van der Waals surface area (Å²) < 4.78 is 76.3. The molecule has 0 unspecified atom stereocenters. The molecule has 6 nitrogen and oxygen atoms in total.